The van der Waals surface area contributed by atoms with Gasteiger partial charge in [0.05, 0.1) is 12.8 Å². The molecule has 0 amide bonds. The summed E-state index contributed by atoms with van der Waals surface area (Å²) in [4.78, 5) is 0. The molecule has 1 heterocycles. The van der Waals surface area contributed by atoms with Gasteiger partial charge in [0.15, 0.2) is 0 Å². The third kappa shape index (κ3) is 2.92. The van der Waals surface area contributed by atoms with Crippen molar-refractivity contribution in [1.29, 1.82) is 0 Å². The zero-order valence-electron chi connectivity index (χ0n) is 10.2. The van der Waals surface area contributed by atoms with Gasteiger partial charge in [-0.15, -0.1) is 16.7 Å². The predicted octanol–water partition coefficient (Wildman–Crippen LogP) is 2.91. The summed E-state index contributed by atoms with van der Waals surface area (Å²) in [6.07, 6.45) is 0.557. The first-order valence-corrected chi connectivity index (χ1v) is 6.06. The Balaban J connectivity index is 2.19. The van der Waals surface area contributed by atoms with Gasteiger partial charge >= 0.3 is 6.01 Å². The Morgan fingerprint density at radius 2 is 2.22 bits per heavy atom. The summed E-state index contributed by atoms with van der Waals surface area (Å²) in [6.45, 7) is 2.00. The van der Waals surface area contributed by atoms with E-state index in [0.29, 0.717) is 24.2 Å². The Labute approximate surface area is 110 Å². The average Bonchev–Trinajstić information content (AvgIpc) is 2.77. The van der Waals surface area contributed by atoms with Crippen molar-refractivity contribution in [1.82, 2.24) is 10.2 Å². The fourth-order valence-electron chi connectivity index (χ4n) is 1.52. The van der Waals surface area contributed by atoms with E-state index in [9.17, 15) is 0 Å². The summed E-state index contributed by atoms with van der Waals surface area (Å²) in [5.41, 5.74) is 1.90. The quantitative estimate of drug-likeness (QED) is 0.844. The molecule has 0 aliphatic heterocycles. The Morgan fingerprint density at radius 3 is 2.94 bits per heavy atom. The van der Waals surface area contributed by atoms with Crippen LogP contribution in [0.5, 0.6) is 5.75 Å². The van der Waals surface area contributed by atoms with Crippen molar-refractivity contribution in [3.8, 4) is 5.75 Å². The smallest absolute Gasteiger partial charge is 0.320 e. The molecule has 96 valence electrons. The fourth-order valence-corrected chi connectivity index (χ4v) is 1.68. The second kappa shape index (κ2) is 5.73. The predicted molar refractivity (Wildman–Crippen MR) is 69.7 cm³/mol. The van der Waals surface area contributed by atoms with Crippen LogP contribution in [0.15, 0.2) is 22.6 Å². The van der Waals surface area contributed by atoms with Gasteiger partial charge in [-0.25, -0.2) is 0 Å². The highest BCUT2D eigenvalue weighted by Gasteiger charge is 2.09. The molecule has 0 saturated heterocycles. The lowest BCUT2D eigenvalue weighted by Gasteiger charge is -2.08. The van der Waals surface area contributed by atoms with Crippen LogP contribution in [0.4, 0.5) is 11.7 Å². The maximum Gasteiger partial charge on any atom is 0.320 e. The van der Waals surface area contributed by atoms with Crippen molar-refractivity contribution < 1.29 is 9.15 Å². The van der Waals surface area contributed by atoms with Gasteiger partial charge in [0.2, 0.25) is 5.89 Å². The van der Waals surface area contributed by atoms with E-state index in [4.69, 9.17) is 20.8 Å². The number of nitrogens with one attached hydrogen (secondary N) is 1. The van der Waals surface area contributed by atoms with Crippen molar-refractivity contribution in [2.24, 2.45) is 0 Å². The van der Waals surface area contributed by atoms with E-state index in [2.05, 4.69) is 15.5 Å². The molecule has 5 nitrogen and oxygen atoms in total. The van der Waals surface area contributed by atoms with E-state index in [-0.39, 0.29) is 0 Å². The number of benzene rings is 1. The number of hydrogen-bond acceptors (Lipinski definition) is 5. The first-order chi connectivity index (χ1) is 8.72. The number of methoxy groups -OCH3 is 1. The highest BCUT2D eigenvalue weighted by atomic mass is 35.5. The molecule has 0 aliphatic rings. The van der Waals surface area contributed by atoms with E-state index in [0.717, 1.165) is 17.0 Å². The van der Waals surface area contributed by atoms with Gasteiger partial charge in [0.25, 0.3) is 0 Å². The molecule has 1 aromatic carbocycles. The van der Waals surface area contributed by atoms with E-state index < -0.39 is 0 Å². The van der Waals surface area contributed by atoms with Crippen LogP contribution in [0, 0.1) is 6.92 Å². The average molecular weight is 268 g/mol. The van der Waals surface area contributed by atoms with Gasteiger partial charge in [0.1, 0.15) is 5.75 Å². The molecule has 1 aromatic heterocycles. The third-order valence-electron chi connectivity index (χ3n) is 2.37. The van der Waals surface area contributed by atoms with E-state index in [1.807, 2.05) is 25.1 Å². The van der Waals surface area contributed by atoms with Crippen LogP contribution in [0.2, 0.25) is 0 Å². The van der Waals surface area contributed by atoms with Crippen LogP contribution in [0.1, 0.15) is 11.5 Å². The zero-order chi connectivity index (χ0) is 13.0. The minimum absolute atomic E-state index is 0.332. The molecule has 0 fully saturated rings. The van der Waals surface area contributed by atoms with Crippen molar-refractivity contribution in [3.63, 3.8) is 0 Å². The molecular weight excluding hydrogens is 254 g/mol. The lowest BCUT2D eigenvalue weighted by atomic mass is 10.2. The number of halogens is 1. The highest BCUT2D eigenvalue weighted by Crippen LogP contribution is 2.28. The highest BCUT2D eigenvalue weighted by molar-refractivity contribution is 6.17. The van der Waals surface area contributed by atoms with Gasteiger partial charge in [-0.1, -0.05) is 11.2 Å². The molecule has 2 rings (SSSR count). The van der Waals surface area contributed by atoms with E-state index in [1.54, 1.807) is 7.11 Å². The molecule has 0 saturated carbocycles. The van der Waals surface area contributed by atoms with Crippen LogP contribution < -0.4 is 10.1 Å². The number of nitrogens with zero attached hydrogens (tertiary/aromatic N) is 2. The Hall–Kier alpha value is -1.75. The van der Waals surface area contributed by atoms with Crippen molar-refractivity contribution >= 4 is 23.3 Å². The number of alkyl halides is 1. The largest absolute Gasteiger partial charge is 0.495 e. The summed E-state index contributed by atoms with van der Waals surface area (Å²) in [6, 6.07) is 6.13. The summed E-state index contributed by atoms with van der Waals surface area (Å²) in [7, 11) is 1.61. The maximum atomic E-state index is 5.61. The van der Waals surface area contributed by atoms with E-state index >= 15 is 0 Å². The second-order valence-corrected chi connectivity index (χ2v) is 4.15. The molecule has 2 aromatic rings. The van der Waals surface area contributed by atoms with Crippen LogP contribution in [-0.4, -0.2) is 23.2 Å². The topological polar surface area (TPSA) is 60.2 Å². The normalized spacial score (nSPS) is 10.4. The number of rotatable bonds is 5. The molecule has 0 aliphatic carbocycles. The molecule has 6 heteroatoms. The fraction of sp³-hybridized carbons (Fsp3) is 0.333. The molecule has 0 unspecified atom stereocenters. The summed E-state index contributed by atoms with van der Waals surface area (Å²) >= 11 is 5.61. The van der Waals surface area contributed by atoms with Crippen molar-refractivity contribution in [2.75, 3.05) is 18.3 Å². The summed E-state index contributed by atoms with van der Waals surface area (Å²) in [5.74, 6) is 1.69. The van der Waals surface area contributed by atoms with Crippen LogP contribution in [0.3, 0.4) is 0 Å². The van der Waals surface area contributed by atoms with Gasteiger partial charge in [-0.2, -0.15) is 0 Å². The van der Waals surface area contributed by atoms with Gasteiger partial charge < -0.3 is 14.5 Å². The van der Waals surface area contributed by atoms with Gasteiger partial charge in [0, 0.05) is 12.3 Å². The first kappa shape index (κ1) is 12.7. The minimum Gasteiger partial charge on any atom is -0.495 e. The van der Waals surface area contributed by atoms with Gasteiger partial charge in [-0.3, -0.25) is 0 Å². The Morgan fingerprint density at radius 1 is 1.39 bits per heavy atom. The van der Waals surface area contributed by atoms with Crippen LogP contribution >= 0.6 is 11.6 Å². The molecule has 1 N–H and O–H groups in total. The third-order valence-corrected chi connectivity index (χ3v) is 2.56. The molecule has 0 bridgehead atoms. The standard InChI is InChI=1S/C12H14ClN3O2/c1-8-3-4-10(17-2)9(7-8)14-12-16-15-11(18-12)5-6-13/h3-4,7H,5-6H2,1-2H3,(H,14,16). The maximum absolute atomic E-state index is 5.61. The Kier molecular flexibility index (Phi) is 4.04. The van der Waals surface area contributed by atoms with Crippen molar-refractivity contribution in [2.45, 2.75) is 13.3 Å². The first-order valence-electron chi connectivity index (χ1n) is 5.53. The molecular formula is C12H14ClN3O2. The van der Waals surface area contributed by atoms with Gasteiger partial charge in [-0.05, 0) is 24.6 Å². The monoisotopic (exact) mass is 267 g/mol. The molecule has 18 heavy (non-hydrogen) atoms. The number of anilines is 2. The summed E-state index contributed by atoms with van der Waals surface area (Å²) in [5, 5.41) is 10.8. The lowest BCUT2D eigenvalue weighted by molar-refractivity contribution is 0.416. The zero-order valence-corrected chi connectivity index (χ0v) is 11.0. The van der Waals surface area contributed by atoms with Crippen LogP contribution in [0.25, 0.3) is 0 Å². The second-order valence-electron chi connectivity index (χ2n) is 3.77. The van der Waals surface area contributed by atoms with Crippen LogP contribution in [-0.2, 0) is 6.42 Å². The number of aryl methyl sites for hydroxylation is 2. The molecule has 0 spiro atoms. The molecule has 0 atom stereocenters. The minimum atomic E-state index is 0.332. The Bertz CT molecular complexity index is 528. The number of hydrogen-bond donors (Lipinski definition) is 1. The molecule has 0 radical (unpaired) electrons. The lowest BCUT2D eigenvalue weighted by Crippen LogP contribution is -1.95. The SMILES string of the molecule is COc1ccc(C)cc1Nc1nnc(CCCl)o1. The number of ether oxygens (including phenoxy) is 1. The summed E-state index contributed by atoms with van der Waals surface area (Å²) < 4.78 is 10.6. The van der Waals surface area contributed by atoms with E-state index in [1.165, 1.54) is 0 Å². The van der Waals surface area contributed by atoms with Crippen molar-refractivity contribution in [3.05, 3.63) is 29.7 Å². The number of aromatic nitrogens is 2.